The van der Waals surface area contributed by atoms with Gasteiger partial charge in [0.2, 0.25) is 5.91 Å². The lowest BCUT2D eigenvalue weighted by molar-refractivity contribution is -0.119. The van der Waals surface area contributed by atoms with E-state index >= 15 is 0 Å². The molecule has 2 N–H and O–H groups in total. The first-order valence-electron chi connectivity index (χ1n) is 8.60. The molecule has 0 saturated heterocycles. The van der Waals surface area contributed by atoms with Gasteiger partial charge in [-0.1, -0.05) is 6.07 Å². The van der Waals surface area contributed by atoms with Crippen LogP contribution in [0.5, 0.6) is 17.2 Å². The summed E-state index contributed by atoms with van der Waals surface area (Å²) in [5.41, 5.74) is 1.95. The molecule has 140 valence electrons. The SMILES string of the molecule is CCOc1ccc(NCC(=O)NCCc2ccc(OC)c(OC)c2)cc1. The second kappa shape index (κ2) is 10.2. The third kappa shape index (κ3) is 5.88. The van der Waals surface area contributed by atoms with E-state index in [1.54, 1.807) is 14.2 Å². The minimum Gasteiger partial charge on any atom is -0.494 e. The lowest BCUT2D eigenvalue weighted by Crippen LogP contribution is -2.31. The van der Waals surface area contributed by atoms with Crippen molar-refractivity contribution < 1.29 is 19.0 Å². The van der Waals surface area contributed by atoms with Crippen molar-refractivity contribution in [1.82, 2.24) is 5.32 Å². The molecule has 0 unspecified atom stereocenters. The van der Waals surface area contributed by atoms with E-state index in [0.717, 1.165) is 23.4 Å². The van der Waals surface area contributed by atoms with E-state index in [0.29, 0.717) is 24.7 Å². The van der Waals surface area contributed by atoms with Crippen LogP contribution in [0.4, 0.5) is 5.69 Å². The van der Waals surface area contributed by atoms with Crippen LogP contribution >= 0.6 is 0 Å². The second-order valence-corrected chi connectivity index (χ2v) is 5.60. The Morgan fingerprint density at radius 2 is 1.73 bits per heavy atom. The van der Waals surface area contributed by atoms with Gasteiger partial charge in [-0.05, 0) is 55.3 Å². The van der Waals surface area contributed by atoms with Gasteiger partial charge in [0.1, 0.15) is 5.75 Å². The van der Waals surface area contributed by atoms with Gasteiger partial charge in [-0.3, -0.25) is 4.79 Å². The quantitative estimate of drug-likeness (QED) is 0.683. The number of hydrogen-bond donors (Lipinski definition) is 2. The maximum absolute atomic E-state index is 12.0. The molecule has 26 heavy (non-hydrogen) atoms. The van der Waals surface area contributed by atoms with Crippen LogP contribution in [0, 0.1) is 0 Å². The Hall–Kier alpha value is -2.89. The molecule has 2 aromatic rings. The number of anilines is 1. The zero-order chi connectivity index (χ0) is 18.8. The molecule has 2 rings (SSSR count). The van der Waals surface area contributed by atoms with E-state index in [-0.39, 0.29) is 12.5 Å². The molecule has 6 nitrogen and oxygen atoms in total. The summed E-state index contributed by atoms with van der Waals surface area (Å²) in [6, 6.07) is 13.3. The summed E-state index contributed by atoms with van der Waals surface area (Å²) >= 11 is 0. The molecule has 0 radical (unpaired) electrons. The number of carbonyl (C=O) groups is 1. The molecule has 0 heterocycles. The highest BCUT2D eigenvalue weighted by Gasteiger charge is 2.06. The normalized spacial score (nSPS) is 10.1. The fraction of sp³-hybridized carbons (Fsp3) is 0.350. The van der Waals surface area contributed by atoms with Gasteiger partial charge in [0.15, 0.2) is 11.5 Å². The Labute approximate surface area is 154 Å². The fourth-order valence-corrected chi connectivity index (χ4v) is 2.46. The number of methoxy groups -OCH3 is 2. The monoisotopic (exact) mass is 358 g/mol. The number of carbonyl (C=O) groups excluding carboxylic acids is 1. The maximum atomic E-state index is 12.0. The van der Waals surface area contributed by atoms with Gasteiger partial charge in [-0.2, -0.15) is 0 Å². The molecule has 0 aromatic heterocycles. The summed E-state index contributed by atoms with van der Waals surface area (Å²) in [6.07, 6.45) is 0.717. The highest BCUT2D eigenvalue weighted by molar-refractivity contribution is 5.80. The smallest absolute Gasteiger partial charge is 0.239 e. The van der Waals surface area contributed by atoms with E-state index in [2.05, 4.69) is 10.6 Å². The van der Waals surface area contributed by atoms with Crippen molar-refractivity contribution >= 4 is 11.6 Å². The minimum absolute atomic E-state index is 0.0561. The van der Waals surface area contributed by atoms with Gasteiger partial charge in [-0.25, -0.2) is 0 Å². The van der Waals surface area contributed by atoms with E-state index < -0.39 is 0 Å². The third-order valence-electron chi connectivity index (χ3n) is 3.80. The number of ether oxygens (including phenoxy) is 3. The molecule has 0 saturated carbocycles. The number of amides is 1. The molecule has 0 aliphatic heterocycles. The van der Waals surface area contributed by atoms with Crippen molar-refractivity contribution in [3.8, 4) is 17.2 Å². The van der Waals surface area contributed by atoms with Crippen molar-refractivity contribution in [3.63, 3.8) is 0 Å². The van der Waals surface area contributed by atoms with Gasteiger partial charge in [0.05, 0.1) is 27.4 Å². The van der Waals surface area contributed by atoms with Crippen molar-refractivity contribution in [2.75, 3.05) is 39.2 Å². The molecule has 0 aliphatic rings. The van der Waals surface area contributed by atoms with Crippen molar-refractivity contribution in [1.29, 1.82) is 0 Å². The average Bonchev–Trinajstić information content (AvgIpc) is 2.67. The molecule has 0 atom stereocenters. The minimum atomic E-state index is -0.0561. The Morgan fingerprint density at radius 1 is 1.00 bits per heavy atom. The van der Waals surface area contributed by atoms with Crippen molar-refractivity contribution in [3.05, 3.63) is 48.0 Å². The number of nitrogens with one attached hydrogen (secondary N) is 2. The standard InChI is InChI=1S/C20H26N2O4/c1-4-26-17-8-6-16(7-9-17)22-14-20(23)21-12-11-15-5-10-18(24-2)19(13-15)25-3/h5-10,13,22H,4,11-12,14H2,1-3H3,(H,21,23). The topological polar surface area (TPSA) is 68.8 Å². The molecule has 0 aliphatic carbocycles. The summed E-state index contributed by atoms with van der Waals surface area (Å²) in [6.45, 7) is 3.35. The highest BCUT2D eigenvalue weighted by atomic mass is 16.5. The van der Waals surface area contributed by atoms with Gasteiger partial charge in [0.25, 0.3) is 0 Å². The Kier molecular flexibility index (Phi) is 7.61. The largest absolute Gasteiger partial charge is 0.494 e. The lowest BCUT2D eigenvalue weighted by atomic mass is 10.1. The predicted octanol–water partition coefficient (Wildman–Crippen LogP) is 2.87. The van der Waals surface area contributed by atoms with Crippen LogP contribution in [0.15, 0.2) is 42.5 Å². The average molecular weight is 358 g/mol. The number of rotatable bonds is 10. The van der Waals surface area contributed by atoms with Crippen LogP contribution in [-0.4, -0.2) is 39.8 Å². The first-order chi connectivity index (χ1) is 12.7. The van der Waals surface area contributed by atoms with E-state index in [1.807, 2.05) is 49.4 Å². The Balaban J connectivity index is 1.73. The molecule has 0 spiro atoms. The van der Waals surface area contributed by atoms with Crippen LogP contribution < -0.4 is 24.8 Å². The molecule has 0 fully saturated rings. The van der Waals surface area contributed by atoms with Gasteiger partial charge in [-0.15, -0.1) is 0 Å². The summed E-state index contributed by atoms with van der Waals surface area (Å²) in [5.74, 6) is 2.14. The van der Waals surface area contributed by atoms with Gasteiger partial charge in [0, 0.05) is 12.2 Å². The summed E-state index contributed by atoms with van der Waals surface area (Å²) in [7, 11) is 3.21. The molecule has 6 heteroatoms. The zero-order valence-corrected chi connectivity index (χ0v) is 15.5. The van der Waals surface area contributed by atoms with E-state index in [9.17, 15) is 4.79 Å². The van der Waals surface area contributed by atoms with Crippen molar-refractivity contribution in [2.24, 2.45) is 0 Å². The van der Waals surface area contributed by atoms with E-state index in [1.165, 1.54) is 0 Å². The number of benzene rings is 2. The van der Waals surface area contributed by atoms with Crippen LogP contribution in [0.25, 0.3) is 0 Å². The summed E-state index contributed by atoms with van der Waals surface area (Å²) < 4.78 is 15.9. The highest BCUT2D eigenvalue weighted by Crippen LogP contribution is 2.27. The predicted molar refractivity (Wildman–Crippen MR) is 102 cm³/mol. The molecule has 2 aromatic carbocycles. The Bertz CT molecular complexity index is 701. The Morgan fingerprint density at radius 3 is 2.38 bits per heavy atom. The summed E-state index contributed by atoms with van der Waals surface area (Å²) in [4.78, 5) is 12.0. The lowest BCUT2D eigenvalue weighted by Gasteiger charge is -2.11. The summed E-state index contributed by atoms with van der Waals surface area (Å²) in [5, 5.41) is 5.99. The first-order valence-corrected chi connectivity index (χ1v) is 8.60. The van der Waals surface area contributed by atoms with Crippen LogP contribution in [0.3, 0.4) is 0 Å². The van der Waals surface area contributed by atoms with Crippen LogP contribution in [0.2, 0.25) is 0 Å². The van der Waals surface area contributed by atoms with Crippen molar-refractivity contribution in [2.45, 2.75) is 13.3 Å². The van der Waals surface area contributed by atoms with Gasteiger partial charge >= 0.3 is 0 Å². The fourth-order valence-electron chi connectivity index (χ4n) is 2.46. The first kappa shape index (κ1) is 19.4. The number of hydrogen-bond acceptors (Lipinski definition) is 5. The van der Waals surface area contributed by atoms with E-state index in [4.69, 9.17) is 14.2 Å². The molecule has 1 amide bonds. The maximum Gasteiger partial charge on any atom is 0.239 e. The molecule has 0 bridgehead atoms. The second-order valence-electron chi connectivity index (χ2n) is 5.60. The van der Waals surface area contributed by atoms with Crippen LogP contribution in [-0.2, 0) is 11.2 Å². The van der Waals surface area contributed by atoms with Gasteiger partial charge < -0.3 is 24.8 Å². The molecular formula is C20H26N2O4. The third-order valence-corrected chi connectivity index (χ3v) is 3.80. The van der Waals surface area contributed by atoms with Crippen LogP contribution in [0.1, 0.15) is 12.5 Å². The molecular weight excluding hydrogens is 332 g/mol. The zero-order valence-electron chi connectivity index (χ0n) is 15.5.